The highest BCUT2D eigenvalue weighted by molar-refractivity contribution is 5.70. The van der Waals surface area contributed by atoms with Gasteiger partial charge in [0.1, 0.15) is 6.10 Å². The summed E-state index contributed by atoms with van der Waals surface area (Å²) < 4.78 is 16.9. The van der Waals surface area contributed by atoms with Crippen molar-refractivity contribution in [2.24, 2.45) is 23.7 Å². The van der Waals surface area contributed by atoms with Gasteiger partial charge in [0.05, 0.1) is 19.9 Å². The van der Waals surface area contributed by atoms with Crippen molar-refractivity contribution < 1.29 is 28.6 Å². The maximum atomic E-state index is 12.7. The molecule has 0 bridgehead atoms. The fourth-order valence-corrected chi connectivity index (χ4v) is 6.40. The first-order valence-corrected chi connectivity index (χ1v) is 21.2. The number of rotatable bonds is 34. The van der Waals surface area contributed by atoms with E-state index >= 15 is 0 Å². The smallest absolute Gasteiger partial charge is 0.306 e. The fraction of sp³-hybridized carbons (Fsp3) is 0.884. The maximum Gasteiger partial charge on any atom is 0.306 e. The molecule has 0 aliphatic carbocycles. The van der Waals surface area contributed by atoms with E-state index < -0.39 is 0 Å². The Morgan fingerprint density at radius 1 is 0.549 bits per heavy atom. The van der Waals surface area contributed by atoms with Crippen LogP contribution in [0.2, 0.25) is 0 Å². The van der Waals surface area contributed by atoms with E-state index in [4.69, 9.17) is 14.2 Å². The molecule has 1 aliphatic rings. The van der Waals surface area contributed by atoms with Gasteiger partial charge in [-0.15, -0.1) is 0 Å². The minimum Gasteiger partial charge on any atom is -0.466 e. The molecule has 1 N–H and O–H groups in total. The van der Waals surface area contributed by atoms with Crippen molar-refractivity contribution in [2.45, 2.75) is 195 Å². The molecule has 0 radical (unpaired) electrons. The number of carbonyl (C=O) groups is 3. The summed E-state index contributed by atoms with van der Waals surface area (Å²) in [4.78, 5) is 39.1. The van der Waals surface area contributed by atoms with Gasteiger partial charge >= 0.3 is 17.9 Å². The van der Waals surface area contributed by atoms with Gasteiger partial charge in [-0.3, -0.25) is 14.4 Å². The van der Waals surface area contributed by atoms with E-state index in [1.54, 1.807) is 0 Å². The first-order chi connectivity index (χ1) is 24.5. The van der Waals surface area contributed by atoms with Crippen molar-refractivity contribution in [2.75, 3.05) is 26.4 Å². The number of nitrogens with zero attached hydrogens (tertiary/aromatic N) is 1. The Labute approximate surface area is 314 Å². The summed E-state index contributed by atoms with van der Waals surface area (Å²) in [6, 6.07) is 0. The summed E-state index contributed by atoms with van der Waals surface area (Å²) in [7, 11) is 0. The molecule has 0 saturated heterocycles. The molecule has 0 aromatic heterocycles. The lowest BCUT2D eigenvalue weighted by atomic mass is 9.97. The van der Waals surface area contributed by atoms with Crippen LogP contribution in [-0.2, 0) is 28.6 Å². The number of hydrogen-bond acceptors (Lipinski definition) is 8. The predicted octanol–water partition coefficient (Wildman–Crippen LogP) is 10.9. The molecule has 0 spiro atoms. The number of nitrogens with one attached hydrogen (secondary N) is 1. The zero-order chi connectivity index (χ0) is 37.5. The minimum absolute atomic E-state index is 0.0216. The van der Waals surface area contributed by atoms with Crippen molar-refractivity contribution in [1.82, 2.24) is 10.2 Å². The zero-order valence-electron chi connectivity index (χ0n) is 34.0. The molecule has 0 aromatic carbocycles. The zero-order valence-corrected chi connectivity index (χ0v) is 34.0. The summed E-state index contributed by atoms with van der Waals surface area (Å²) in [5, 5.41) is 3.16. The van der Waals surface area contributed by atoms with Gasteiger partial charge in [0, 0.05) is 38.2 Å². The molecule has 0 amide bonds. The standard InChI is InChI=1S/C43H80N2O6/c1-36(2)24-26-38(5)28-33-49-41(46)21-16-12-8-7-10-14-19-40(51-43(48)23-18-31-45-32-30-44-35-45)20-15-11-9-13-17-22-42(47)50-34-29-39(6)27-25-37(3)4/h30,32,36-40,44H,7-29,31,33-35H2,1-6H3. The first-order valence-electron chi connectivity index (χ1n) is 21.2. The number of unbranched alkanes of at least 4 members (excludes halogenated alkanes) is 9. The second kappa shape index (κ2) is 31.3. The van der Waals surface area contributed by atoms with Crippen LogP contribution < -0.4 is 5.32 Å². The highest BCUT2D eigenvalue weighted by Gasteiger charge is 2.15. The SMILES string of the molecule is CC(C)CCC(C)CCOC(=O)CCCCCCCCC(CCCCCCCC(=O)OCCC(C)CCC(C)C)OC(=O)CCCN1C=CNC1. The van der Waals surface area contributed by atoms with Gasteiger partial charge in [-0.1, -0.05) is 112 Å². The van der Waals surface area contributed by atoms with Gasteiger partial charge in [-0.2, -0.15) is 0 Å². The first kappa shape index (κ1) is 46.8. The maximum absolute atomic E-state index is 12.7. The van der Waals surface area contributed by atoms with E-state index in [-0.39, 0.29) is 24.0 Å². The predicted molar refractivity (Wildman–Crippen MR) is 210 cm³/mol. The molecule has 3 unspecified atom stereocenters. The molecule has 1 aliphatic heterocycles. The average Bonchev–Trinajstić information content (AvgIpc) is 3.60. The monoisotopic (exact) mass is 721 g/mol. The summed E-state index contributed by atoms with van der Waals surface area (Å²) in [6.45, 7) is 16.2. The van der Waals surface area contributed by atoms with E-state index in [9.17, 15) is 14.4 Å². The third-order valence-electron chi connectivity index (χ3n) is 10.1. The van der Waals surface area contributed by atoms with Crippen LogP contribution in [0.1, 0.15) is 189 Å². The fourth-order valence-electron chi connectivity index (χ4n) is 6.40. The molecular weight excluding hydrogens is 640 g/mol. The van der Waals surface area contributed by atoms with Crippen molar-refractivity contribution >= 4 is 17.9 Å². The summed E-state index contributed by atoms with van der Waals surface area (Å²) in [5.74, 6) is 2.46. The lowest BCUT2D eigenvalue weighted by Crippen LogP contribution is -2.23. The molecule has 1 heterocycles. The van der Waals surface area contributed by atoms with Crippen LogP contribution in [-0.4, -0.2) is 55.3 Å². The molecular formula is C43H80N2O6. The van der Waals surface area contributed by atoms with Crippen molar-refractivity contribution in [1.29, 1.82) is 0 Å². The molecule has 8 heteroatoms. The van der Waals surface area contributed by atoms with Crippen LogP contribution in [0.4, 0.5) is 0 Å². The molecule has 298 valence electrons. The molecule has 3 atom stereocenters. The van der Waals surface area contributed by atoms with Gasteiger partial charge < -0.3 is 24.4 Å². The topological polar surface area (TPSA) is 94.2 Å². The third-order valence-corrected chi connectivity index (χ3v) is 10.1. The summed E-state index contributed by atoms with van der Waals surface area (Å²) in [5.41, 5.74) is 0. The normalized spacial score (nSPS) is 14.5. The minimum atomic E-state index is -0.0825. The lowest BCUT2D eigenvalue weighted by Gasteiger charge is -2.19. The molecule has 1 rings (SSSR count). The Kier molecular flexibility index (Phi) is 28.7. The van der Waals surface area contributed by atoms with Gasteiger partial charge in [0.15, 0.2) is 0 Å². The second-order valence-corrected chi connectivity index (χ2v) is 16.3. The summed E-state index contributed by atoms with van der Waals surface area (Å²) >= 11 is 0. The highest BCUT2D eigenvalue weighted by atomic mass is 16.5. The molecule has 0 fully saturated rings. The second-order valence-electron chi connectivity index (χ2n) is 16.3. The van der Waals surface area contributed by atoms with Gasteiger partial charge in [0.2, 0.25) is 0 Å². The van der Waals surface area contributed by atoms with Crippen molar-refractivity contribution in [3.05, 3.63) is 12.4 Å². The van der Waals surface area contributed by atoms with Crippen molar-refractivity contribution in [3.8, 4) is 0 Å². The van der Waals surface area contributed by atoms with E-state index in [2.05, 4.69) is 51.8 Å². The van der Waals surface area contributed by atoms with Gasteiger partial charge in [-0.05, 0) is 81.5 Å². The Morgan fingerprint density at radius 2 is 1.00 bits per heavy atom. The largest absolute Gasteiger partial charge is 0.466 e. The Hall–Kier alpha value is -2.25. The van der Waals surface area contributed by atoms with E-state index in [1.165, 1.54) is 25.7 Å². The van der Waals surface area contributed by atoms with E-state index in [1.807, 2.05) is 12.4 Å². The number of esters is 3. The van der Waals surface area contributed by atoms with Crippen LogP contribution in [0, 0.1) is 23.7 Å². The molecule has 51 heavy (non-hydrogen) atoms. The number of ether oxygens (including phenoxy) is 3. The summed E-state index contributed by atoms with van der Waals surface area (Å²) in [6.07, 6.45) is 26.3. The Morgan fingerprint density at radius 3 is 1.45 bits per heavy atom. The van der Waals surface area contributed by atoms with Crippen LogP contribution in [0.25, 0.3) is 0 Å². The van der Waals surface area contributed by atoms with Crippen LogP contribution in [0.15, 0.2) is 12.4 Å². The van der Waals surface area contributed by atoms with Gasteiger partial charge in [-0.25, -0.2) is 0 Å². The Balaban J connectivity index is 2.21. The van der Waals surface area contributed by atoms with E-state index in [0.717, 1.165) is 128 Å². The number of carbonyl (C=O) groups excluding carboxylic acids is 3. The van der Waals surface area contributed by atoms with Gasteiger partial charge in [0.25, 0.3) is 0 Å². The third kappa shape index (κ3) is 30.0. The van der Waals surface area contributed by atoms with Crippen LogP contribution >= 0.6 is 0 Å². The van der Waals surface area contributed by atoms with Crippen molar-refractivity contribution in [3.63, 3.8) is 0 Å². The Bertz CT molecular complexity index is 907. The average molecular weight is 721 g/mol. The molecule has 0 aromatic rings. The van der Waals surface area contributed by atoms with Crippen LogP contribution in [0.5, 0.6) is 0 Å². The molecule has 0 saturated carbocycles. The van der Waals surface area contributed by atoms with Crippen LogP contribution in [0.3, 0.4) is 0 Å². The highest BCUT2D eigenvalue weighted by Crippen LogP contribution is 2.19. The number of hydrogen-bond donors (Lipinski definition) is 1. The lowest BCUT2D eigenvalue weighted by molar-refractivity contribution is -0.150. The molecule has 8 nitrogen and oxygen atoms in total. The van der Waals surface area contributed by atoms with E-state index in [0.29, 0.717) is 44.3 Å². The quantitative estimate of drug-likeness (QED) is 0.0399.